The minimum absolute atomic E-state index is 0.0870. The maximum absolute atomic E-state index is 11.6. The molecule has 1 aromatic rings. The zero-order valence-corrected chi connectivity index (χ0v) is 8.87. The van der Waals surface area contributed by atoms with Crippen LogP contribution >= 0.6 is 0 Å². The van der Waals surface area contributed by atoms with Gasteiger partial charge in [-0.15, -0.1) is 0 Å². The van der Waals surface area contributed by atoms with Gasteiger partial charge >= 0.3 is 0 Å². The molecule has 0 spiro atoms. The van der Waals surface area contributed by atoms with Crippen molar-refractivity contribution in [2.24, 2.45) is 12.8 Å². The molecule has 1 heterocycles. The highest BCUT2D eigenvalue weighted by Gasteiger charge is 2.14. The molecule has 1 aromatic heterocycles. The van der Waals surface area contributed by atoms with Crippen LogP contribution in [-0.2, 0) is 7.05 Å². The van der Waals surface area contributed by atoms with Crippen molar-refractivity contribution >= 4 is 5.91 Å². The van der Waals surface area contributed by atoms with Gasteiger partial charge in [-0.3, -0.25) is 4.79 Å². The Morgan fingerprint density at radius 2 is 2.29 bits per heavy atom. The summed E-state index contributed by atoms with van der Waals surface area (Å²) in [4.78, 5) is 11.6. The summed E-state index contributed by atoms with van der Waals surface area (Å²) in [7, 11) is 1.84. The molecule has 4 nitrogen and oxygen atoms in total. The fourth-order valence-electron chi connectivity index (χ4n) is 1.10. The van der Waals surface area contributed by atoms with Crippen molar-refractivity contribution in [3.05, 3.63) is 24.0 Å². The van der Waals surface area contributed by atoms with E-state index in [2.05, 4.69) is 5.32 Å². The molecule has 0 radical (unpaired) electrons. The van der Waals surface area contributed by atoms with E-state index >= 15 is 0 Å². The fraction of sp³-hybridized carbons (Fsp3) is 0.500. The molecule has 0 bridgehead atoms. The zero-order valence-electron chi connectivity index (χ0n) is 8.87. The highest BCUT2D eigenvalue weighted by Crippen LogP contribution is 2.00. The molecule has 0 aliphatic rings. The molecular formula is C10H17N3O. The topological polar surface area (TPSA) is 60.0 Å². The molecule has 3 N–H and O–H groups in total. The van der Waals surface area contributed by atoms with E-state index in [0.29, 0.717) is 12.2 Å². The van der Waals surface area contributed by atoms with Crippen LogP contribution in [0, 0.1) is 0 Å². The van der Waals surface area contributed by atoms with Crippen molar-refractivity contribution in [2.45, 2.75) is 19.4 Å². The van der Waals surface area contributed by atoms with Gasteiger partial charge in [0.15, 0.2) is 0 Å². The first-order chi connectivity index (χ1) is 6.40. The Bertz CT molecular complexity index is 322. The molecule has 0 aliphatic heterocycles. The van der Waals surface area contributed by atoms with E-state index in [4.69, 9.17) is 5.73 Å². The van der Waals surface area contributed by atoms with E-state index in [1.165, 1.54) is 0 Å². The zero-order chi connectivity index (χ0) is 10.8. The highest BCUT2D eigenvalue weighted by atomic mass is 16.1. The van der Waals surface area contributed by atoms with Gasteiger partial charge in [-0.2, -0.15) is 0 Å². The third kappa shape index (κ3) is 2.88. The molecule has 0 fully saturated rings. The second kappa shape index (κ2) is 3.84. The summed E-state index contributed by atoms with van der Waals surface area (Å²) in [5.74, 6) is -0.0870. The molecule has 1 amide bonds. The van der Waals surface area contributed by atoms with Crippen molar-refractivity contribution in [2.75, 3.05) is 6.54 Å². The van der Waals surface area contributed by atoms with E-state index in [9.17, 15) is 4.79 Å². The van der Waals surface area contributed by atoms with Gasteiger partial charge in [-0.25, -0.2) is 0 Å². The minimum atomic E-state index is -0.374. The second-order valence-corrected chi connectivity index (χ2v) is 4.18. The first-order valence-electron chi connectivity index (χ1n) is 4.58. The van der Waals surface area contributed by atoms with Crippen LogP contribution in [0.4, 0.5) is 0 Å². The highest BCUT2D eigenvalue weighted by molar-refractivity contribution is 5.92. The lowest BCUT2D eigenvalue weighted by Gasteiger charge is -2.18. The quantitative estimate of drug-likeness (QED) is 0.737. The average Bonchev–Trinajstić information content (AvgIpc) is 2.46. The normalized spacial score (nSPS) is 11.4. The van der Waals surface area contributed by atoms with Crippen LogP contribution in [0.2, 0.25) is 0 Å². The first-order valence-corrected chi connectivity index (χ1v) is 4.58. The summed E-state index contributed by atoms with van der Waals surface area (Å²) in [5, 5.41) is 2.78. The van der Waals surface area contributed by atoms with Gasteiger partial charge in [-0.1, -0.05) is 0 Å². The third-order valence-electron chi connectivity index (χ3n) is 1.88. The van der Waals surface area contributed by atoms with Crippen molar-refractivity contribution in [1.29, 1.82) is 0 Å². The summed E-state index contributed by atoms with van der Waals surface area (Å²) >= 11 is 0. The van der Waals surface area contributed by atoms with E-state index in [-0.39, 0.29) is 11.4 Å². The van der Waals surface area contributed by atoms with Crippen molar-refractivity contribution in [3.8, 4) is 0 Å². The van der Waals surface area contributed by atoms with Crippen molar-refractivity contribution < 1.29 is 4.79 Å². The number of nitrogens with one attached hydrogen (secondary N) is 1. The van der Waals surface area contributed by atoms with Gasteiger partial charge in [0, 0.05) is 25.3 Å². The summed E-state index contributed by atoms with van der Waals surface area (Å²) in [6.45, 7) is 4.22. The molecule has 0 atom stereocenters. The lowest BCUT2D eigenvalue weighted by molar-refractivity contribution is 0.0938. The first kappa shape index (κ1) is 10.8. The number of nitrogens with zero attached hydrogens (tertiary/aromatic N) is 1. The van der Waals surface area contributed by atoms with Gasteiger partial charge in [0.05, 0.1) is 0 Å². The maximum Gasteiger partial charge on any atom is 0.267 e. The van der Waals surface area contributed by atoms with Gasteiger partial charge in [-0.05, 0) is 26.0 Å². The molecular weight excluding hydrogens is 178 g/mol. The Morgan fingerprint density at radius 1 is 1.64 bits per heavy atom. The summed E-state index contributed by atoms with van der Waals surface area (Å²) in [5.41, 5.74) is 6.03. The van der Waals surface area contributed by atoms with Crippen LogP contribution in [0.1, 0.15) is 24.3 Å². The summed E-state index contributed by atoms with van der Waals surface area (Å²) < 4.78 is 1.78. The predicted octanol–water partition coefficient (Wildman–Crippen LogP) is 0.492. The summed E-state index contributed by atoms with van der Waals surface area (Å²) in [6, 6.07) is 3.61. The van der Waals surface area contributed by atoms with Crippen LogP contribution in [0.25, 0.3) is 0 Å². The van der Waals surface area contributed by atoms with E-state index in [1.807, 2.05) is 33.2 Å². The minimum Gasteiger partial charge on any atom is -0.349 e. The Labute approximate surface area is 84.1 Å². The van der Waals surface area contributed by atoms with Crippen LogP contribution in [0.3, 0.4) is 0 Å². The van der Waals surface area contributed by atoms with Gasteiger partial charge in [0.25, 0.3) is 5.91 Å². The number of carbonyl (C=O) groups is 1. The number of hydrogen-bond donors (Lipinski definition) is 2. The number of aryl methyl sites for hydroxylation is 1. The number of aromatic nitrogens is 1. The molecule has 4 heteroatoms. The smallest absolute Gasteiger partial charge is 0.267 e. The maximum atomic E-state index is 11.6. The van der Waals surface area contributed by atoms with Gasteiger partial charge < -0.3 is 15.6 Å². The number of amides is 1. The number of nitrogens with two attached hydrogens (primary N) is 1. The SMILES string of the molecule is Cn1cccc1C(=O)NCC(C)(C)N. The molecule has 0 saturated carbocycles. The van der Waals surface area contributed by atoms with Crippen LogP contribution in [0.15, 0.2) is 18.3 Å². The van der Waals surface area contributed by atoms with Crippen LogP contribution in [0.5, 0.6) is 0 Å². The average molecular weight is 195 g/mol. The molecule has 0 unspecified atom stereocenters. The van der Waals surface area contributed by atoms with Crippen LogP contribution < -0.4 is 11.1 Å². The lowest BCUT2D eigenvalue weighted by Crippen LogP contribution is -2.45. The monoisotopic (exact) mass is 195 g/mol. The Hall–Kier alpha value is -1.29. The third-order valence-corrected chi connectivity index (χ3v) is 1.88. The standard InChI is InChI=1S/C10H17N3O/c1-10(2,11)7-12-9(14)8-5-4-6-13(8)3/h4-6H,7,11H2,1-3H3,(H,12,14). The Morgan fingerprint density at radius 3 is 2.71 bits per heavy atom. The fourth-order valence-corrected chi connectivity index (χ4v) is 1.10. The number of rotatable bonds is 3. The summed E-state index contributed by atoms with van der Waals surface area (Å²) in [6.07, 6.45) is 1.84. The molecule has 0 aliphatic carbocycles. The second-order valence-electron chi connectivity index (χ2n) is 4.18. The van der Waals surface area contributed by atoms with E-state index in [0.717, 1.165) is 0 Å². The molecule has 14 heavy (non-hydrogen) atoms. The predicted molar refractivity (Wildman–Crippen MR) is 56.0 cm³/mol. The Balaban J connectivity index is 2.56. The molecule has 78 valence electrons. The van der Waals surface area contributed by atoms with Crippen molar-refractivity contribution in [1.82, 2.24) is 9.88 Å². The largest absolute Gasteiger partial charge is 0.349 e. The Kier molecular flexibility index (Phi) is 2.96. The number of carbonyl (C=O) groups excluding carboxylic acids is 1. The van der Waals surface area contributed by atoms with Crippen LogP contribution in [-0.4, -0.2) is 22.6 Å². The molecule has 0 saturated heterocycles. The molecule has 0 aromatic carbocycles. The van der Waals surface area contributed by atoms with E-state index in [1.54, 1.807) is 10.6 Å². The molecule has 1 rings (SSSR count). The number of hydrogen-bond acceptors (Lipinski definition) is 2. The van der Waals surface area contributed by atoms with Crippen molar-refractivity contribution in [3.63, 3.8) is 0 Å². The van der Waals surface area contributed by atoms with Gasteiger partial charge in [0.2, 0.25) is 0 Å². The van der Waals surface area contributed by atoms with E-state index < -0.39 is 0 Å². The van der Waals surface area contributed by atoms with Gasteiger partial charge in [0.1, 0.15) is 5.69 Å². The lowest BCUT2D eigenvalue weighted by atomic mass is 10.1.